The monoisotopic (exact) mass is 346 g/mol. The lowest BCUT2D eigenvalue weighted by atomic mass is 9.78. The minimum absolute atomic E-state index is 0.0125. The van der Waals surface area contributed by atoms with Crippen molar-refractivity contribution in [1.29, 1.82) is 0 Å². The van der Waals surface area contributed by atoms with Gasteiger partial charge in [-0.2, -0.15) is 0 Å². The molecule has 2 N–H and O–H groups in total. The van der Waals surface area contributed by atoms with E-state index in [4.69, 9.17) is 15.5 Å². The van der Waals surface area contributed by atoms with E-state index < -0.39 is 0 Å². The highest BCUT2D eigenvalue weighted by Crippen LogP contribution is 2.42. The van der Waals surface area contributed by atoms with Crippen LogP contribution in [0.15, 0.2) is 17.5 Å². The normalized spacial score (nSPS) is 13.9. The molecule has 132 valence electrons. The first kappa shape index (κ1) is 18.9. The van der Waals surface area contributed by atoms with Gasteiger partial charge in [0.1, 0.15) is 10.8 Å². The topological polar surface area (TPSA) is 48.1 Å². The van der Waals surface area contributed by atoms with Gasteiger partial charge in [-0.05, 0) is 29.9 Å². The summed E-state index contributed by atoms with van der Waals surface area (Å²) in [7, 11) is 1.76. The van der Waals surface area contributed by atoms with E-state index in [1.165, 1.54) is 11.1 Å². The van der Waals surface area contributed by atoms with Gasteiger partial charge in [-0.3, -0.25) is 0 Å². The molecule has 2 rings (SSSR count). The molecule has 2 aromatic rings. The molecule has 0 saturated carbocycles. The molecule has 1 aromatic carbocycles. The summed E-state index contributed by atoms with van der Waals surface area (Å²) in [4.78, 5) is 4.73. The van der Waals surface area contributed by atoms with Crippen molar-refractivity contribution in [2.45, 2.75) is 65.3 Å². The van der Waals surface area contributed by atoms with Gasteiger partial charge < -0.3 is 10.5 Å². The predicted molar refractivity (Wildman–Crippen MR) is 104 cm³/mol. The Labute approximate surface area is 150 Å². The van der Waals surface area contributed by atoms with E-state index >= 15 is 0 Å². The fourth-order valence-corrected chi connectivity index (χ4v) is 3.53. The smallest absolute Gasteiger partial charge is 0.126 e. The van der Waals surface area contributed by atoms with Crippen LogP contribution in [-0.4, -0.2) is 12.1 Å². The van der Waals surface area contributed by atoms with E-state index in [1.54, 1.807) is 18.4 Å². The highest BCUT2D eigenvalue weighted by Gasteiger charge is 2.28. The highest BCUT2D eigenvalue weighted by atomic mass is 32.1. The number of rotatable bonds is 3. The fraction of sp³-hybridized carbons (Fsp3) is 0.550. The Balaban J connectivity index is 2.73. The van der Waals surface area contributed by atoms with Crippen molar-refractivity contribution in [1.82, 2.24) is 4.98 Å². The van der Waals surface area contributed by atoms with E-state index in [9.17, 15) is 0 Å². The average Bonchev–Trinajstić information content (AvgIpc) is 2.93. The number of hydrogen-bond donors (Lipinski definition) is 1. The van der Waals surface area contributed by atoms with E-state index in [1.807, 2.05) is 6.92 Å². The molecule has 0 aliphatic carbocycles. The third-order valence-electron chi connectivity index (χ3n) is 4.12. The minimum atomic E-state index is -0.0360. The molecule has 0 fully saturated rings. The van der Waals surface area contributed by atoms with Gasteiger partial charge in [-0.1, -0.05) is 41.5 Å². The maximum Gasteiger partial charge on any atom is 0.126 e. The van der Waals surface area contributed by atoms with Gasteiger partial charge in [-0.15, -0.1) is 11.3 Å². The molecular formula is C20H30N2OS. The zero-order chi connectivity index (χ0) is 18.3. The first-order valence-electron chi connectivity index (χ1n) is 8.39. The molecule has 0 amide bonds. The molecular weight excluding hydrogens is 316 g/mol. The second-order valence-electron chi connectivity index (χ2n) is 8.46. The van der Waals surface area contributed by atoms with Crippen molar-refractivity contribution in [3.05, 3.63) is 33.6 Å². The predicted octanol–water partition coefficient (Wildman–Crippen LogP) is 5.43. The molecule has 1 unspecified atom stereocenters. The lowest BCUT2D eigenvalue weighted by Crippen LogP contribution is -2.19. The highest BCUT2D eigenvalue weighted by molar-refractivity contribution is 7.10. The number of methoxy groups -OCH3 is 1. The van der Waals surface area contributed by atoms with Crippen molar-refractivity contribution >= 4 is 11.3 Å². The third-order valence-corrected chi connectivity index (χ3v) is 5.16. The minimum Gasteiger partial charge on any atom is -0.496 e. The Morgan fingerprint density at radius 3 is 1.88 bits per heavy atom. The molecule has 0 spiro atoms. The van der Waals surface area contributed by atoms with E-state index in [-0.39, 0.29) is 16.9 Å². The first-order chi connectivity index (χ1) is 10.9. The van der Waals surface area contributed by atoms with Gasteiger partial charge in [0.15, 0.2) is 0 Å². The maximum atomic E-state index is 5.98. The first-order valence-corrected chi connectivity index (χ1v) is 9.27. The SMILES string of the molecule is COc1c(C(C)(C)C)cc(-c2csc(C(C)N)n2)cc1C(C)(C)C. The summed E-state index contributed by atoms with van der Waals surface area (Å²) in [6.45, 7) is 15.3. The Bertz CT molecular complexity index is 683. The Morgan fingerprint density at radius 1 is 1.04 bits per heavy atom. The lowest BCUT2D eigenvalue weighted by Gasteiger charge is -2.29. The molecule has 1 heterocycles. The fourth-order valence-electron chi connectivity index (χ4n) is 2.74. The van der Waals surface area contributed by atoms with Gasteiger partial charge in [0.25, 0.3) is 0 Å². The summed E-state index contributed by atoms with van der Waals surface area (Å²) in [5.74, 6) is 0.987. The van der Waals surface area contributed by atoms with Crippen LogP contribution in [0.3, 0.4) is 0 Å². The maximum absolute atomic E-state index is 5.98. The molecule has 0 radical (unpaired) electrons. The number of nitrogens with two attached hydrogens (primary N) is 1. The second-order valence-corrected chi connectivity index (χ2v) is 9.35. The van der Waals surface area contributed by atoms with Crippen LogP contribution in [0.1, 0.15) is 70.6 Å². The third kappa shape index (κ3) is 3.81. The van der Waals surface area contributed by atoms with Crippen molar-refractivity contribution < 1.29 is 4.74 Å². The molecule has 0 saturated heterocycles. The second kappa shape index (κ2) is 6.49. The van der Waals surface area contributed by atoms with Crippen LogP contribution in [0.25, 0.3) is 11.3 Å². The van der Waals surface area contributed by atoms with Crippen LogP contribution in [0, 0.1) is 0 Å². The summed E-state index contributed by atoms with van der Waals surface area (Å²) >= 11 is 1.62. The van der Waals surface area contributed by atoms with Crippen LogP contribution in [0.2, 0.25) is 0 Å². The molecule has 1 aromatic heterocycles. The number of benzene rings is 1. The summed E-state index contributed by atoms with van der Waals surface area (Å²) < 4.78 is 5.83. The van der Waals surface area contributed by atoms with Gasteiger partial charge in [0.2, 0.25) is 0 Å². The molecule has 24 heavy (non-hydrogen) atoms. The van der Waals surface area contributed by atoms with E-state index in [2.05, 4.69) is 59.1 Å². The van der Waals surface area contributed by atoms with Crippen LogP contribution >= 0.6 is 11.3 Å². The van der Waals surface area contributed by atoms with Crippen molar-refractivity contribution in [3.8, 4) is 17.0 Å². The Hall–Kier alpha value is -1.39. The largest absolute Gasteiger partial charge is 0.496 e. The van der Waals surface area contributed by atoms with Crippen LogP contribution in [0.5, 0.6) is 5.75 Å². The molecule has 3 nitrogen and oxygen atoms in total. The zero-order valence-electron chi connectivity index (χ0n) is 16.2. The molecule has 0 aliphatic rings. The van der Waals surface area contributed by atoms with Crippen molar-refractivity contribution in [3.63, 3.8) is 0 Å². The van der Waals surface area contributed by atoms with E-state index in [0.717, 1.165) is 22.0 Å². The molecule has 0 aliphatic heterocycles. The van der Waals surface area contributed by atoms with Crippen LogP contribution in [0.4, 0.5) is 0 Å². The summed E-state index contributed by atoms with van der Waals surface area (Å²) in [5, 5.41) is 3.06. The molecule has 1 atom stereocenters. The summed E-state index contributed by atoms with van der Waals surface area (Å²) in [6.07, 6.45) is 0. The van der Waals surface area contributed by atoms with E-state index in [0.29, 0.717) is 0 Å². The summed E-state index contributed by atoms with van der Waals surface area (Å²) in [5.41, 5.74) is 10.5. The summed E-state index contributed by atoms with van der Waals surface area (Å²) in [6, 6.07) is 4.40. The van der Waals surface area contributed by atoms with Gasteiger partial charge in [0, 0.05) is 22.1 Å². The molecule has 0 bridgehead atoms. The standard InChI is InChI=1S/C20H30N2OS/c1-12(21)18-22-16(11-24-18)13-9-14(19(2,3)4)17(23-8)15(10-13)20(5,6)7/h9-12H,21H2,1-8H3. The number of nitrogens with zero attached hydrogens (tertiary/aromatic N) is 1. The van der Waals surface area contributed by atoms with Gasteiger partial charge in [0.05, 0.1) is 18.8 Å². The quantitative estimate of drug-likeness (QED) is 0.805. The number of ether oxygens (including phenoxy) is 1. The van der Waals surface area contributed by atoms with Gasteiger partial charge >= 0.3 is 0 Å². The van der Waals surface area contributed by atoms with Crippen LogP contribution in [-0.2, 0) is 10.8 Å². The van der Waals surface area contributed by atoms with Gasteiger partial charge in [-0.25, -0.2) is 4.98 Å². The number of hydrogen-bond acceptors (Lipinski definition) is 4. The van der Waals surface area contributed by atoms with Crippen molar-refractivity contribution in [2.24, 2.45) is 5.73 Å². The Kier molecular flexibility index (Phi) is 5.12. The van der Waals surface area contributed by atoms with Crippen molar-refractivity contribution in [2.75, 3.05) is 7.11 Å². The average molecular weight is 347 g/mol. The Morgan fingerprint density at radius 2 is 1.54 bits per heavy atom. The lowest BCUT2D eigenvalue weighted by molar-refractivity contribution is 0.381. The molecule has 4 heteroatoms. The number of thiazole rings is 1. The zero-order valence-corrected chi connectivity index (χ0v) is 17.0. The number of aromatic nitrogens is 1. The van der Waals surface area contributed by atoms with Crippen LogP contribution < -0.4 is 10.5 Å².